The zero-order chi connectivity index (χ0) is 28.1. The van der Waals surface area contributed by atoms with E-state index in [1.54, 1.807) is 25.1 Å². The third-order valence-corrected chi connectivity index (χ3v) is 9.80. The van der Waals surface area contributed by atoms with E-state index in [-0.39, 0.29) is 42.5 Å². The first-order valence-corrected chi connectivity index (χ1v) is 15.2. The van der Waals surface area contributed by atoms with E-state index in [0.29, 0.717) is 28.6 Å². The highest BCUT2D eigenvalue weighted by molar-refractivity contribution is 9.10. The lowest BCUT2D eigenvalue weighted by atomic mass is 9.92. The molecule has 0 N–H and O–H groups in total. The molecule has 1 unspecified atom stereocenters. The number of hydrogen-bond acceptors (Lipinski definition) is 6. The van der Waals surface area contributed by atoms with Crippen LogP contribution in [-0.2, 0) is 36.3 Å². The van der Waals surface area contributed by atoms with Crippen LogP contribution in [0.4, 0.5) is 11.6 Å². The minimum absolute atomic E-state index is 0.0907. The Morgan fingerprint density at radius 3 is 2.33 bits per heavy atom. The number of carbonyl (C=O) groups excluding carboxylic acids is 2. The molecule has 206 valence electrons. The van der Waals surface area contributed by atoms with Gasteiger partial charge >= 0.3 is 5.97 Å². The molecule has 39 heavy (non-hydrogen) atoms. The van der Waals surface area contributed by atoms with Gasteiger partial charge in [0.05, 0.1) is 11.9 Å². The van der Waals surface area contributed by atoms with E-state index < -0.39 is 21.5 Å². The Hall–Kier alpha value is -2.44. The molecule has 1 atom stereocenters. The van der Waals surface area contributed by atoms with Crippen molar-refractivity contribution in [1.82, 2.24) is 13.9 Å². The molecule has 2 aliphatic heterocycles. The largest absolute Gasteiger partial charge is 0.462 e. The molecule has 0 spiro atoms. The van der Waals surface area contributed by atoms with Crippen molar-refractivity contribution in [2.75, 3.05) is 18.0 Å². The van der Waals surface area contributed by atoms with Gasteiger partial charge in [-0.1, -0.05) is 51.3 Å². The number of piperidine rings is 1. The summed E-state index contributed by atoms with van der Waals surface area (Å²) in [7, 11) is -4.06. The first kappa shape index (κ1) is 28.1. The summed E-state index contributed by atoms with van der Waals surface area (Å²) in [5, 5.41) is 0.564. The first-order valence-electron chi connectivity index (χ1n) is 12.2. The van der Waals surface area contributed by atoms with Gasteiger partial charge in [-0.3, -0.25) is 14.2 Å². The lowest BCUT2D eigenvalue weighted by Crippen LogP contribution is -2.45. The van der Waals surface area contributed by atoms with Crippen molar-refractivity contribution in [1.29, 1.82) is 0 Å². The molecular weight excluding hydrogens is 631 g/mol. The van der Waals surface area contributed by atoms with Gasteiger partial charge in [-0.05, 0) is 55.7 Å². The summed E-state index contributed by atoms with van der Waals surface area (Å²) in [5.41, 5.74) is -0.104. The first-order chi connectivity index (χ1) is 18.4. The molecule has 1 saturated heterocycles. The molecule has 1 aromatic heterocycles. The van der Waals surface area contributed by atoms with E-state index in [1.807, 2.05) is 24.3 Å². The van der Waals surface area contributed by atoms with Gasteiger partial charge < -0.3 is 4.74 Å². The highest BCUT2D eigenvalue weighted by Crippen LogP contribution is 2.45. The molecule has 3 aromatic rings. The van der Waals surface area contributed by atoms with Gasteiger partial charge in [0.25, 0.3) is 15.9 Å². The maximum absolute atomic E-state index is 14.2. The molecule has 2 aromatic carbocycles. The van der Waals surface area contributed by atoms with Crippen LogP contribution in [0.2, 0.25) is 10.0 Å². The minimum atomic E-state index is -4.06. The molecular formula is C26H25BrCl2N4O5S. The van der Waals surface area contributed by atoms with Crippen LogP contribution in [0, 0.1) is 0 Å². The van der Waals surface area contributed by atoms with Crippen molar-refractivity contribution in [3.05, 3.63) is 68.7 Å². The quantitative estimate of drug-likeness (QED) is 0.334. The van der Waals surface area contributed by atoms with Crippen molar-refractivity contribution < 1.29 is 22.7 Å². The van der Waals surface area contributed by atoms with E-state index in [2.05, 4.69) is 20.9 Å². The summed E-state index contributed by atoms with van der Waals surface area (Å²) in [6.45, 7) is 3.39. The number of esters is 1. The summed E-state index contributed by atoms with van der Waals surface area (Å²) in [6, 6.07) is 12.2. The molecule has 0 radical (unpaired) electrons. The van der Waals surface area contributed by atoms with Gasteiger partial charge in [-0.25, -0.2) is 18.3 Å². The Morgan fingerprint density at radius 1 is 1.13 bits per heavy atom. The Balaban J connectivity index is 1.59. The smallest absolute Gasteiger partial charge is 0.302 e. The molecule has 0 aliphatic carbocycles. The van der Waals surface area contributed by atoms with Gasteiger partial charge in [0.15, 0.2) is 5.03 Å². The Morgan fingerprint density at radius 2 is 1.74 bits per heavy atom. The molecule has 2 aliphatic rings. The van der Waals surface area contributed by atoms with Gasteiger partial charge in [-0.15, -0.1) is 0 Å². The van der Waals surface area contributed by atoms with Crippen LogP contribution in [0.15, 0.2) is 58.2 Å². The van der Waals surface area contributed by atoms with Gasteiger partial charge in [0.1, 0.15) is 11.6 Å². The monoisotopic (exact) mass is 654 g/mol. The second-order valence-electron chi connectivity index (χ2n) is 9.79. The fourth-order valence-corrected chi connectivity index (χ4v) is 7.61. The van der Waals surface area contributed by atoms with E-state index >= 15 is 0 Å². The third-order valence-electron chi connectivity index (χ3n) is 6.97. The summed E-state index contributed by atoms with van der Waals surface area (Å²) >= 11 is 15.9. The number of imidazole rings is 1. The molecule has 1 amide bonds. The fraction of sp³-hybridized carbons (Fsp3) is 0.346. The zero-order valence-electron chi connectivity index (χ0n) is 21.1. The third kappa shape index (κ3) is 5.22. The lowest BCUT2D eigenvalue weighted by Gasteiger charge is -2.32. The van der Waals surface area contributed by atoms with Crippen LogP contribution < -0.4 is 4.90 Å². The highest BCUT2D eigenvalue weighted by atomic mass is 79.9. The summed E-state index contributed by atoms with van der Waals surface area (Å²) in [6.07, 6.45) is 1.92. The van der Waals surface area contributed by atoms with Crippen LogP contribution in [0.25, 0.3) is 0 Å². The van der Waals surface area contributed by atoms with E-state index in [4.69, 9.17) is 27.9 Å². The van der Waals surface area contributed by atoms with Crippen LogP contribution in [0.1, 0.15) is 32.3 Å². The summed E-state index contributed by atoms with van der Waals surface area (Å²) in [5.74, 6) is -0.600. The second kappa shape index (κ2) is 10.5. The van der Waals surface area contributed by atoms with Crippen molar-refractivity contribution in [2.45, 2.75) is 49.8 Å². The maximum atomic E-state index is 14.2. The maximum Gasteiger partial charge on any atom is 0.302 e. The Labute approximate surface area is 244 Å². The number of amides is 1. The average Bonchev–Trinajstić information content (AvgIpc) is 3.39. The van der Waals surface area contributed by atoms with Crippen molar-refractivity contribution in [3.8, 4) is 0 Å². The predicted molar refractivity (Wildman–Crippen MR) is 151 cm³/mol. The minimum Gasteiger partial charge on any atom is -0.462 e. The number of rotatable bonds is 6. The zero-order valence-corrected chi connectivity index (χ0v) is 25.0. The average molecular weight is 656 g/mol. The summed E-state index contributed by atoms with van der Waals surface area (Å²) < 4.78 is 36.9. The molecule has 0 saturated carbocycles. The molecule has 9 nitrogen and oxygen atoms in total. The predicted octanol–water partition coefficient (Wildman–Crippen LogP) is 5.30. The second-order valence-corrected chi connectivity index (χ2v) is 13.5. The Bertz CT molecular complexity index is 1530. The number of carbonyl (C=O) groups is 2. The SMILES string of the molecule is CC(=O)OC1CCN(S(=O)(=O)c2cnc3n2C(C)(Cc2ccc(Br)cc2)C(=O)N3c2cc(Cl)cc(Cl)c2)CC1. The standard InChI is InChI=1S/C26H25BrCl2N4O5S/c1-16(34)38-22-7-9-31(10-8-22)39(36,37)23-15-30-25-32(21-12-19(28)11-20(29)13-21)24(35)26(2,33(23)25)14-17-3-5-18(27)6-4-17/h3-6,11-13,15,22H,7-10,14H2,1-2H3. The summed E-state index contributed by atoms with van der Waals surface area (Å²) in [4.78, 5) is 31.3. The van der Waals surface area contributed by atoms with E-state index in [9.17, 15) is 18.0 Å². The topological polar surface area (TPSA) is 102 Å². The number of benzene rings is 2. The highest BCUT2D eigenvalue weighted by Gasteiger charge is 2.52. The van der Waals surface area contributed by atoms with Gasteiger partial charge in [0.2, 0.25) is 5.95 Å². The van der Waals surface area contributed by atoms with Gasteiger partial charge in [-0.2, -0.15) is 4.31 Å². The van der Waals surface area contributed by atoms with E-state index in [1.165, 1.54) is 26.9 Å². The number of ether oxygens (including phenoxy) is 1. The number of aromatic nitrogens is 2. The number of nitrogens with zero attached hydrogens (tertiary/aromatic N) is 4. The molecule has 1 fully saturated rings. The number of anilines is 2. The normalized spacial score (nSPS) is 20.3. The molecule has 0 bridgehead atoms. The number of halogens is 3. The van der Waals surface area contributed by atoms with Gasteiger partial charge in [0, 0.05) is 41.0 Å². The van der Waals surface area contributed by atoms with Crippen LogP contribution in [0.5, 0.6) is 0 Å². The number of fused-ring (bicyclic) bond motifs is 1. The van der Waals surface area contributed by atoms with Crippen LogP contribution >= 0.6 is 39.1 Å². The molecule has 3 heterocycles. The number of sulfonamides is 1. The molecule has 5 rings (SSSR count). The van der Waals surface area contributed by atoms with Crippen LogP contribution in [-0.4, -0.2) is 53.3 Å². The molecule has 13 heteroatoms. The van der Waals surface area contributed by atoms with Crippen molar-refractivity contribution in [3.63, 3.8) is 0 Å². The van der Waals surface area contributed by atoms with Crippen LogP contribution in [0.3, 0.4) is 0 Å². The van der Waals surface area contributed by atoms with Crippen molar-refractivity contribution >= 4 is 72.7 Å². The number of hydrogen-bond donors (Lipinski definition) is 0. The van der Waals surface area contributed by atoms with E-state index in [0.717, 1.165) is 10.0 Å². The fourth-order valence-electron chi connectivity index (χ4n) is 5.17. The van der Waals surface area contributed by atoms with Crippen molar-refractivity contribution in [2.24, 2.45) is 0 Å². The lowest BCUT2D eigenvalue weighted by molar-refractivity contribution is -0.147. The Kier molecular flexibility index (Phi) is 7.58.